The van der Waals surface area contributed by atoms with Crippen molar-refractivity contribution in [3.05, 3.63) is 139 Å². The van der Waals surface area contributed by atoms with E-state index in [1.807, 2.05) is 86.6 Å². The maximum Gasteiger partial charge on any atom is 0.247 e. The number of nitrogens with zero attached hydrogens (tertiary/aromatic N) is 2. The summed E-state index contributed by atoms with van der Waals surface area (Å²) in [5.74, 6) is 0.564. The second-order valence-electron chi connectivity index (χ2n) is 12.7. The second kappa shape index (κ2) is 19.8. The quantitative estimate of drug-likeness (QED) is 0.111. The molecule has 0 spiro atoms. The van der Waals surface area contributed by atoms with E-state index in [0.717, 1.165) is 44.0 Å². The predicted octanol–water partition coefficient (Wildman–Crippen LogP) is 9.80. The lowest BCUT2D eigenvalue weighted by Crippen LogP contribution is -2.23. The van der Waals surface area contributed by atoms with Crippen molar-refractivity contribution < 1.29 is 9.59 Å². The van der Waals surface area contributed by atoms with Crippen LogP contribution in [0.4, 0.5) is 0 Å². The maximum atomic E-state index is 12.2. The van der Waals surface area contributed by atoms with Gasteiger partial charge in [0.1, 0.15) is 0 Å². The second-order valence-corrected chi connectivity index (χ2v) is 14.5. The molecule has 0 aromatic heterocycles. The first-order valence-corrected chi connectivity index (χ1v) is 17.8. The summed E-state index contributed by atoms with van der Waals surface area (Å²) in [5, 5.41) is 8.07. The van der Waals surface area contributed by atoms with E-state index in [1.54, 1.807) is 12.4 Å². The molecule has 8 heteroatoms. The summed E-state index contributed by atoms with van der Waals surface area (Å²) < 4.78 is 2.02. The largest absolute Gasteiger partial charge is 0.272 e. The zero-order valence-electron chi connectivity index (χ0n) is 28.6. The van der Waals surface area contributed by atoms with Gasteiger partial charge in [-0.3, -0.25) is 9.59 Å². The topological polar surface area (TPSA) is 82.9 Å². The summed E-state index contributed by atoms with van der Waals surface area (Å²) in [4.78, 5) is 24.4. The molecular weight excluding hydrogens is 728 g/mol. The molecule has 6 nitrogen and oxygen atoms in total. The van der Waals surface area contributed by atoms with Crippen LogP contribution in [0.3, 0.4) is 0 Å². The molecule has 0 aliphatic carbocycles. The fourth-order valence-corrected chi connectivity index (χ4v) is 5.29. The first kappa shape index (κ1) is 38.6. The highest BCUT2D eigenvalue weighted by Crippen LogP contribution is 2.19. The van der Waals surface area contributed by atoms with Crippen LogP contribution < -0.4 is 10.9 Å². The zero-order valence-corrected chi connectivity index (χ0v) is 31.8. The molecule has 0 saturated heterocycles. The highest BCUT2D eigenvalue weighted by Gasteiger charge is 2.15. The van der Waals surface area contributed by atoms with E-state index in [-0.39, 0.29) is 23.7 Å². The van der Waals surface area contributed by atoms with Gasteiger partial charge in [-0.25, -0.2) is 10.9 Å². The smallest absolute Gasteiger partial charge is 0.247 e. The van der Waals surface area contributed by atoms with Gasteiger partial charge >= 0.3 is 0 Å². The lowest BCUT2D eigenvalue weighted by atomic mass is 9.96. The average Bonchev–Trinajstić information content (AvgIpc) is 3.06. The number of hydrogen-bond donors (Lipinski definition) is 2. The number of carbonyl (C=O) groups is 2. The Morgan fingerprint density at radius 3 is 1.15 bits per heavy atom. The number of rotatable bonds is 12. The molecular formula is C40H46Br2N4O2. The fraction of sp³-hybridized carbons (Fsp3) is 0.300. The van der Waals surface area contributed by atoms with E-state index in [9.17, 15) is 9.59 Å². The number of nitrogens with one attached hydrogen (secondary N) is 2. The third-order valence-electron chi connectivity index (χ3n) is 7.55. The van der Waals surface area contributed by atoms with Gasteiger partial charge in [0.2, 0.25) is 11.8 Å². The van der Waals surface area contributed by atoms with E-state index >= 15 is 0 Å². The normalized spacial score (nSPS) is 12.5. The van der Waals surface area contributed by atoms with Gasteiger partial charge in [0.15, 0.2) is 0 Å². The summed E-state index contributed by atoms with van der Waals surface area (Å²) in [6.45, 7) is 12.6. The highest BCUT2D eigenvalue weighted by atomic mass is 79.9. The van der Waals surface area contributed by atoms with Crippen LogP contribution in [-0.4, -0.2) is 24.2 Å². The van der Waals surface area contributed by atoms with Crippen molar-refractivity contribution in [2.45, 2.75) is 66.2 Å². The van der Waals surface area contributed by atoms with Crippen LogP contribution in [0.1, 0.15) is 86.8 Å². The first-order valence-electron chi connectivity index (χ1n) is 16.3. The van der Waals surface area contributed by atoms with Crippen molar-refractivity contribution >= 4 is 56.1 Å². The Hall–Kier alpha value is -3.88. The molecule has 0 heterocycles. The molecule has 0 saturated carbocycles. The molecule has 0 bridgehead atoms. The van der Waals surface area contributed by atoms with E-state index in [0.29, 0.717) is 11.8 Å². The molecule has 0 aliphatic rings. The minimum absolute atomic E-state index is 0.111. The third-order valence-corrected chi connectivity index (χ3v) is 8.61. The van der Waals surface area contributed by atoms with Crippen LogP contribution in [-0.2, 0) is 22.4 Å². The molecule has 252 valence electrons. The van der Waals surface area contributed by atoms with E-state index in [4.69, 9.17) is 0 Å². The van der Waals surface area contributed by atoms with Gasteiger partial charge in [-0.05, 0) is 96.2 Å². The zero-order chi connectivity index (χ0) is 35.1. The Bertz CT molecular complexity index is 1510. The van der Waals surface area contributed by atoms with Crippen LogP contribution in [0.15, 0.2) is 116 Å². The van der Waals surface area contributed by atoms with Crippen molar-refractivity contribution in [1.82, 2.24) is 10.9 Å². The number of halogens is 2. The monoisotopic (exact) mass is 772 g/mol. The molecule has 2 N–H and O–H groups in total. The predicted molar refractivity (Wildman–Crippen MR) is 207 cm³/mol. The van der Waals surface area contributed by atoms with Gasteiger partial charge in [0, 0.05) is 8.95 Å². The van der Waals surface area contributed by atoms with Gasteiger partial charge in [-0.15, -0.1) is 0 Å². The first-order chi connectivity index (χ1) is 22.9. The summed E-state index contributed by atoms with van der Waals surface area (Å²) in [6, 6.07) is 32.0. The minimum atomic E-state index is -0.236. The number of benzene rings is 4. The molecule has 4 aromatic carbocycles. The lowest BCUT2D eigenvalue weighted by molar-refractivity contribution is -0.122. The summed E-state index contributed by atoms with van der Waals surface area (Å²) >= 11 is 6.77. The fourth-order valence-electron chi connectivity index (χ4n) is 4.76. The Morgan fingerprint density at radius 2 is 0.854 bits per heavy atom. The molecule has 4 aromatic rings. The Balaban J connectivity index is 0.000000260. The molecule has 0 radical (unpaired) electrons. The van der Waals surface area contributed by atoms with Gasteiger partial charge in [-0.1, -0.05) is 132 Å². The molecule has 0 aliphatic heterocycles. The van der Waals surface area contributed by atoms with Crippen molar-refractivity contribution in [1.29, 1.82) is 0 Å². The Kier molecular flexibility index (Phi) is 15.9. The molecule has 0 fully saturated rings. The van der Waals surface area contributed by atoms with Crippen LogP contribution in [0.25, 0.3) is 0 Å². The van der Waals surface area contributed by atoms with Crippen LogP contribution >= 0.6 is 31.9 Å². The molecule has 0 unspecified atom stereocenters. The number of carbonyl (C=O) groups excluding carboxylic acids is 2. The lowest BCUT2D eigenvalue weighted by Gasteiger charge is -2.11. The van der Waals surface area contributed by atoms with Gasteiger partial charge in [-0.2, -0.15) is 10.2 Å². The molecule has 2 atom stereocenters. The maximum absolute atomic E-state index is 12.2. The van der Waals surface area contributed by atoms with E-state index in [2.05, 4.69) is 105 Å². The van der Waals surface area contributed by atoms with Crippen molar-refractivity contribution in [3.8, 4) is 0 Å². The average molecular weight is 775 g/mol. The Morgan fingerprint density at radius 1 is 0.542 bits per heavy atom. The van der Waals surface area contributed by atoms with E-state index in [1.165, 1.54) is 11.1 Å². The van der Waals surface area contributed by atoms with Gasteiger partial charge in [0.25, 0.3) is 0 Å². The van der Waals surface area contributed by atoms with Crippen molar-refractivity contribution in [2.24, 2.45) is 22.0 Å². The Labute approximate surface area is 302 Å². The number of hydrogen-bond acceptors (Lipinski definition) is 4. The number of amides is 2. The van der Waals surface area contributed by atoms with Gasteiger partial charge < -0.3 is 0 Å². The molecule has 2 amide bonds. The summed E-state index contributed by atoms with van der Waals surface area (Å²) in [7, 11) is 0. The SMILES string of the molecule is CC(C)Cc1ccc([C@@H](C)C(=O)N/N=C/c2ccc(Br)cc2)cc1.CC(C)Cc1ccc([C@H](C)C(=O)N/N=C/c2ccc(Br)cc2)cc1. The van der Waals surface area contributed by atoms with Crippen molar-refractivity contribution in [2.75, 3.05) is 0 Å². The highest BCUT2D eigenvalue weighted by molar-refractivity contribution is 9.10. The summed E-state index contributed by atoms with van der Waals surface area (Å²) in [6.07, 6.45) is 5.39. The standard InChI is InChI=1S/2C20H23BrN2O/c2*1-14(2)12-16-4-8-18(9-5-16)15(3)20(24)23-22-13-17-6-10-19(21)11-7-17/h2*4-11,13-15H,12H2,1-3H3,(H,23,24)/b2*22-13+/t2*15-/m10/s1. The van der Waals surface area contributed by atoms with Gasteiger partial charge in [0.05, 0.1) is 24.3 Å². The van der Waals surface area contributed by atoms with Crippen molar-refractivity contribution in [3.63, 3.8) is 0 Å². The van der Waals surface area contributed by atoms with Crippen LogP contribution in [0, 0.1) is 11.8 Å². The number of hydrazone groups is 2. The minimum Gasteiger partial charge on any atom is -0.272 e. The molecule has 48 heavy (non-hydrogen) atoms. The van der Waals surface area contributed by atoms with E-state index < -0.39 is 0 Å². The summed E-state index contributed by atoms with van der Waals surface area (Å²) in [5.41, 5.74) is 11.7. The molecule has 4 rings (SSSR count). The third kappa shape index (κ3) is 13.7. The van der Waals surface area contributed by atoms with Crippen LogP contribution in [0.5, 0.6) is 0 Å². The van der Waals surface area contributed by atoms with Crippen LogP contribution in [0.2, 0.25) is 0 Å².